The van der Waals surface area contributed by atoms with Gasteiger partial charge in [0.1, 0.15) is 5.69 Å². The van der Waals surface area contributed by atoms with Gasteiger partial charge in [-0.2, -0.15) is 5.10 Å². The lowest BCUT2D eigenvalue weighted by atomic mass is 10.4. The van der Waals surface area contributed by atoms with Gasteiger partial charge in [0.15, 0.2) is 0 Å². The molecule has 0 N–H and O–H groups in total. The van der Waals surface area contributed by atoms with E-state index < -0.39 is 0 Å². The van der Waals surface area contributed by atoms with Crippen LogP contribution in [0.3, 0.4) is 0 Å². The second-order valence-corrected chi connectivity index (χ2v) is 3.33. The molecular formula is C7H7BrN4O. The van der Waals surface area contributed by atoms with E-state index in [-0.39, 0.29) is 0 Å². The molecule has 2 aromatic rings. The Bertz CT molecular complexity index is 414. The van der Waals surface area contributed by atoms with Crippen LogP contribution in [0.15, 0.2) is 15.3 Å². The molecule has 0 aromatic carbocycles. The van der Waals surface area contributed by atoms with Crippen molar-refractivity contribution in [2.75, 3.05) is 0 Å². The van der Waals surface area contributed by atoms with Crippen LogP contribution in [0, 0.1) is 6.92 Å². The summed E-state index contributed by atoms with van der Waals surface area (Å²) >= 11 is 3.08. The number of hydrogen-bond donors (Lipinski definition) is 0. The molecule has 2 aromatic heterocycles. The molecule has 68 valence electrons. The van der Waals surface area contributed by atoms with Gasteiger partial charge in [-0.3, -0.25) is 4.68 Å². The maximum Gasteiger partial charge on any atom is 0.285 e. The van der Waals surface area contributed by atoms with Crippen molar-refractivity contribution in [3.63, 3.8) is 0 Å². The molecule has 0 bridgehead atoms. The van der Waals surface area contributed by atoms with Crippen molar-refractivity contribution in [3.05, 3.63) is 16.6 Å². The SMILES string of the molecule is Cc1cc(-c2nnc(Br)o2)nn1C. The highest BCUT2D eigenvalue weighted by Gasteiger charge is 2.10. The molecule has 0 amide bonds. The van der Waals surface area contributed by atoms with E-state index in [1.807, 2.05) is 20.0 Å². The predicted molar refractivity (Wildman–Crippen MR) is 48.9 cm³/mol. The minimum absolute atomic E-state index is 0.366. The van der Waals surface area contributed by atoms with E-state index in [4.69, 9.17) is 4.42 Å². The molecule has 6 heteroatoms. The summed E-state index contributed by atoms with van der Waals surface area (Å²) in [6.07, 6.45) is 0. The van der Waals surface area contributed by atoms with Crippen molar-refractivity contribution < 1.29 is 4.42 Å². The second kappa shape index (κ2) is 2.95. The quantitative estimate of drug-likeness (QED) is 0.762. The molecule has 0 fully saturated rings. The molecule has 13 heavy (non-hydrogen) atoms. The topological polar surface area (TPSA) is 56.7 Å². The Balaban J connectivity index is 2.46. The zero-order valence-electron chi connectivity index (χ0n) is 7.15. The highest BCUT2D eigenvalue weighted by atomic mass is 79.9. The van der Waals surface area contributed by atoms with Gasteiger partial charge in [0, 0.05) is 28.7 Å². The van der Waals surface area contributed by atoms with Crippen LogP contribution in [0.4, 0.5) is 0 Å². The summed E-state index contributed by atoms with van der Waals surface area (Å²) in [6, 6.07) is 1.89. The summed E-state index contributed by atoms with van der Waals surface area (Å²) in [5.74, 6) is 0.426. The molecule has 0 aliphatic carbocycles. The number of aromatic nitrogens is 4. The predicted octanol–water partition coefficient (Wildman–Crippen LogP) is 1.54. The molecule has 0 radical (unpaired) electrons. The highest BCUT2D eigenvalue weighted by molar-refractivity contribution is 9.10. The molecule has 2 heterocycles. The smallest absolute Gasteiger partial charge is 0.285 e. The van der Waals surface area contributed by atoms with E-state index in [9.17, 15) is 0 Å². The van der Waals surface area contributed by atoms with Crippen LogP contribution in [-0.4, -0.2) is 20.0 Å². The molecule has 0 atom stereocenters. The minimum Gasteiger partial charge on any atom is -0.409 e. The lowest BCUT2D eigenvalue weighted by Crippen LogP contribution is -1.92. The van der Waals surface area contributed by atoms with Crippen molar-refractivity contribution in [3.8, 4) is 11.6 Å². The van der Waals surface area contributed by atoms with Crippen molar-refractivity contribution in [1.82, 2.24) is 20.0 Å². The fraction of sp³-hybridized carbons (Fsp3) is 0.286. The fourth-order valence-electron chi connectivity index (χ4n) is 0.974. The summed E-state index contributed by atoms with van der Waals surface area (Å²) in [6.45, 7) is 1.96. The van der Waals surface area contributed by atoms with Gasteiger partial charge in [-0.1, -0.05) is 0 Å². The third kappa shape index (κ3) is 1.49. The highest BCUT2D eigenvalue weighted by Crippen LogP contribution is 2.18. The molecule has 0 saturated carbocycles. The zero-order valence-corrected chi connectivity index (χ0v) is 8.74. The number of aryl methyl sites for hydroxylation is 2. The average molecular weight is 243 g/mol. The monoisotopic (exact) mass is 242 g/mol. The van der Waals surface area contributed by atoms with Crippen LogP contribution in [-0.2, 0) is 7.05 Å². The van der Waals surface area contributed by atoms with E-state index >= 15 is 0 Å². The van der Waals surface area contributed by atoms with Crippen molar-refractivity contribution in [1.29, 1.82) is 0 Å². The minimum atomic E-state index is 0.366. The van der Waals surface area contributed by atoms with Gasteiger partial charge in [0.2, 0.25) is 0 Å². The van der Waals surface area contributed by atoms with Gasteiger partial charge < -0.3 is 4.42 Å². The first-order chi connectivity index (χ1) is 6.16. The molecule has 0 aliphatic rings. The molecular weight excluding hydrogens is 236 g/mol. The van der Waals surface area contributed by atoms with E-state index in [2.05, 4.69) is 31.2 Å². The van der Waals surface area contributed by atoms with Gasteiger partial charge in [0.05, 0.1) is 0 Å². The van der Waals surface area contributed by atoms with Crippen LogP contribution >= 0.6 is 15.9 Å². The number of halogens is 1. The van der Waals surface area contributed by atoms with Gasteiger partial charge in [-0.15, -0.1) is 10.2 Å². The second-order valence-electron chi connectivity index (χ2n) is 2.65. The Morgan fingerprint density at radius 1 is 1.46 bits per heavy atom. The van der Waals surface area contributed by atoms with Crippen LogP contribution in [0.25, 0.3) is 11.6 Å². The summed E-state index contributed by atoms with van der Waals surface area (Å²) in [5.41, 5.74) is 1.74. The Kier molecular flexibility index (Phi) is 1.91. The molecule has 0 saturated heterocycles. The normalized spacial score (nSPS) is 10.7. The van der Waals surface area contributed by atoms with Gasteiger partial charge in [-0.05, 0) is 13.0 Å². The summed E-state index contributed by atoms with van der Waals surface area (Å²) in [5, 5.41) is 11.7. The van der Waals surface area contributed by atoms with E-state index in [0.717, 1.165) is 5.69 Å². The lowest BCUT2D eigenvalue weighted by molar-refractivity contribution is 0.537. The van der Waals surface area contributed by atoms with Gasteiger partial charge in [-0.25, -0.2) is 0 Å². The zero-order chi connectivity index (χ0) is 9.42. The van der Waals surface area contributed by atoms with Crippen LogP contribution in [0.2, 0.25) is 0 Å². The molecule has 0 aliphatic heterocycles. The number of hydrogen-bond acceptors (Lipinski definition) is 4. The van der Waals surface area contributed by atoms with E-state index in [0.29, 0.717) is 16.4 Å². The maximum atomic E-state index is 5.16. The maximum absolute atomic E-state index is 5.16. The van der Waals surface area contributed by atoms with Crippen molar-refractivity contribution in [2.45, 2.75) is 6.92 Å². The summed E-state index contributed by atoms with van der Waals surface area (Å²) < 4.78 is 6.91. The van der Waals surface area contributed by atoms with Crippen LogP contribution in [0.5, 0.6) is 0 Å². The first-order valence-electron chi connectivity index (χ1n) is 3.67. The molecule has 5 nitrogen and oxygen atoms in total. The first-order valence-corrected chi connectivity index (χ1v) is 4.46. The van der Waals surface area contributed by atoms with Crippen molar-refractivity contribution in [2.24, 2.45) is 7.05 Å². The molecule has 2 rings (SSSR count). The molecule has 0 unspecified atom stereocenters. The third-order valence-electron chi connectivity index (χ3n) is 1.73. The van der Waals surface area contributed by atoms with Crippen molar-refractivity contribution >= 4 is 15.9 Å². The Morgan fingerprint density at radius 3 is 2.69 bits per heavy atom. The number of nitrogens with zero attached hydrogens (tertiary/aromatic N) is 4. The Hall–Kier alpha value is -1.17. The lowest BCUT2D eigenvalue weighted by Gasteiger charge is -1.88. The number of rotatable bonds is 1. The van der Waals surface area contributed by atoms with Gasteiger partial charge >= 0.3 is 0 Å². The fourth-order valence-corrected chi connectivity index (χ4v) is 1.21. The third-order valence-corrected chi connectivity index (χ3v) is 2.05. The summed E-state index contributed by atoms with van der Waals surface area (Å²) in [7, 11) is 1.87. The van der Waals surface area contributed by atoms with E-state index in [1.165, 1.54) is 0 Å². The summed E-state index contributed by atoms with van der Waals surface area (Å²) in [4.78, 5) is 0.366. The van der Waals surface area contributed by atoms with E-state index in [1.54, 1.807) is 4.68 Å². The van der Waals surface area contributed by atoms with Gasteiger partial charge in [0.25, 0.3) is 10.7 Å². The first kappa shape index (κ1) is 8.43. The largest absolute Gasteiger partial charge is 0.409 e. The standard InChI is InChI=1S/C7H7BrN4O/c1-4-3-5(11-12(4)2)6-9-10-7(8)13-6/h3H,1-2H3. The Morgan fingerprint density at radius 2 is 2.23 bits per heavy atom. The Labute approximate surface area is 82.9 Å². The average Bonchev–Trinajstić information content (AvgIpc) is 2.61. The van der Waals surface area contributed by atoms with Crippen LogP contribution < -0.4 is 0 Å². The van der Waals surface area contributed by atoms with Crippen LogP contribution in [0.1, 0.15) is 5.69 Å². The molecule has 0 spiro atoms.